The van der Waals surface area contributed by atoms with Crippen molar-refractivity contribution in [3.05, 3.63) is 22.6 Å². The minimum absolute atomic E-state index is 0. The average Bonchev–Trinajstić information content (AvgIpc) is 2.95. The summed E-state index contributed by atoms with van der Waals surface area (Å²) in [7, 11) is -9.44. The van der Waals surface area contributed by atoms with E-state index in [0.29, 0.717) is 0 Å². The van der Waals surface area contributed by atoms with E-state index in [1.54, 1.807) is 0 Å². The van der Waals surface area contributed by atoms with Gasteiger partial charge < -0.3 is 48.5 Å². The molecule has 2 heterocycles. The number of fused-ring (bicyclic) bond motifs is 1. The SMILES string of the molecule is Nc1nc2c(ccn2C(COCCP(=O)([O-])[O-])COCCP(=O)([O-])[O-])c(=O)[nH]1.[Na+].[Na+].[Na+].[Na+]. The van der Waals surface area contributed by atoms with Gasteiger partial charge in [-0.25, -0.2) is 0 Å². The molecule has 0 saturated heterocycles. The van der Waals surface area contributed by atoms with Crippen molar-refractivity contribution >= 4 is 32.2 Å². The number of ether oxygens (including phenoxy) is 2. The third kappa shape index (κ3) is 14.2. The van der Waals surface area contributed by atoms with Crippen molar-refractivity contribution in [1.82, 2.24) is 14.5 Å². The van der Waals surface area contributed by atoms with Crippen molar-refractivity contribution in [2.24, 2.45) is 0 Å². The van der Waals surface area contributed by atoms with Gasteiger partial charge in [-0.15, -0.1) is 0 Å². The maximum atomic E-state index is 11.9. The maximum Gasteiger partial charge on any atom is 1.00 e. The Balaban J connectivity index is -0.00000210. The molecule has 158 valence electrons. The van der Waals surface area contributed by atoms with Crippen molar-refractivity contribution < 1.29 is 156 Å². The van der Waals surface area contributed by atoms with Gasteiger partial charge in [-0.1, -0.05) is 15.2 Å². The molecule has 0 saturated carbocycles. The number of aromatic nitrogens is 3. The second-order valence-corrected chi connectivity index (χ2v) is 9.22. The molecule has 2 rings (SSSR count). The molecule has 2 aromatic rings. The molecule has 19 heteroatoms. The van der Waals surface area contributed by atoms with Gasteiger partial charge >= 0.3 is 118 Å². The molecule has 0 amide bonds. The molecule has 0 radical (unpaired) electrons. The largest absolute Gasteiger partial charge is 1.00 e. The van der Waals surface area contributed by atoms with Crippen molar-refractivity contribution in [3.8, 4) is 0 Å². The zero-order valence-electron chi connectivity index (χ0n) is 18.5. The van der Waals surface area contributed by atoms with Crippen LogP contribution >= 0.6 is 15.2 Å². The van der Waals surface area contributed by atoms with Crippen molar-refractivity contribution in [1.29, 1.82) is 0 Å². The Kier molecular flexibility index (Phi) is 21.7. The predicted octanol–water partition coefficient (Wildman–Crippen LogP) is -15.3. The van der Waals surface area contributed by atoms with E-state index in [1.165, 1.54) is 16.8 Å². The van der Waals surface area contributed by atoms with Crippen LogP contribution in [0.15, 0.2) is 17.1 Å². The van der Waals surface area contributed by atoms with Crippen LogP contribution in [-0.2, 0) is 18.6 Å². The predicted molar refractivity (Wildman–Crippen MR) is 90.4 cm³/mol. The topological polar surface area (TPSA) is 222 Å². The first kappa shape index (κ1) is 39.0. The van der Waals surface area contributed by atoms with Crippen molar-refractivity contribution in [3.63, 3.8) is 0 Å². The molecule has 0 spiro atoms. The summed E-state index contributed by atoms with van der Waals surface area (Å²) in [6, 6.07) is 0.808. The van der Waals surface area contributed by atoms with Crippen molar-refractivity contribution in [2.75, 3.05) is 44.5 Å². The van der Waals surface area contributed by atoms with E-state index < -0.39 is 39.1 Å². The molecule has 13 nitrogen and oxygen atoms in total. The number of anilines is 1. The van der Waals surface area contributed by atoms with Gasteiger partial charge in [0.1, 0.15) is 5.65 Å². The quantitative estimate of drug-likeness (QED) is 0.158. The first-order valence-electron chi connectivity index (χ1n) is 8.00. The summed E-state index contributed by atoms with van der Waals surface area (Å²) >= 11 is 0. The van der Waals surface area contributed by atoms with Crippen LogP contribution in [0.5, 0.6) is 0 Å². The van der Waals surface area contributed by atoms with Gasteiger partial charge in [0.25, 0.3) is 5.56 Å². The third-order valence-electron chi connectivity index (χ3n) is 3.63. The second-order valence-electron chi connectivity index (χ2n) is 5.88. The summed E-state index contributed by atoms with van der Waals surface area (Å²) in [5.74, 6) is -0.129. The van der Waals surface area contributed by atoms with E-state index in [2.05, 4.69) is 9.97 Å². The fourth-order valence-electron chi connectivity index (χ4n) is 2.35. The minimum atomic E-state index is -4.72. The summed E-state index contributed by atoms with van der Waals surface area (Å²) < 4.78 is 33.3. The molecule has 0 aromatic carbocycles. The van der Waals surface area contributed by atoms with Gasteiger partial charge in [0.2, 0.25) is 5.95 Å². The van der Waals surface area contributed by atoms with E-state index in [9.17, 15) is 33.5 Å². The maximum absolute atomic E-state index is 11.9. The van der Waals surface area contributed by atoms with Gasteiger partial charge in [-0.05, 0) is 18.4 Å². The fraction of sp³-hybridized carbons (Fsp3) is 0.538. The Morgan fingerprint density at radius 2 is 1.47 bits per heavy atom. The monoisotopic (exact) mass is 528 g/mol. The number of hydrogen-bond acceptors (Lipinski definition) is 11. The summed E-state index contributed by atoms with van der Waals surface area (Å²) in [4.78, 5) is 61.0. The van der Waals surface area contributed by atoms with Crippen LogP contribution in [0, 0.1) is 0 Å². The van der Waals surface area contributed by atoms with E-state index in [-0.39, 0.29) is 162 Å². The first-order valence-corrected chi connectivity index (χ1v) is 11.5. The molecule has 0 fully saturated rings. The Labute approximate surface area is 272 Å². The molecule has 32 heavy (non-hydrogen) atoms. The molecule has 0 atom stereocenters. The number of nitrogens with zero attached hydrogens (tertiary/aromatic N) is 2. The standard InChI is InChI=1S/C13H22N4O9P2.4Na/c14-13-15-11-10(12(18)16-13)1-2-17(11)9(7-25-3-5-27(19,20)21)8-26-4-6-28(22,23)24;;;;/h1-2,9H,3-8H2,(H2,19,20,21)(H2,22,23,24)(H3,14,15,16,18);;;;/q;4*+1/p-4. The number of rotatable bonds is 11. The third-order valence-corrected chi connectivity index (χ3v) is 5.09. The molecule has 3 N–H and O–H groups in total. The molecule has 0 bridgehead atoms. The summed E-state index contributed by atoms with van der Waals surface area (Å²) in [5.41, 5.74) is 5.28. The summed E-state index contributed by atoms with van der Waals surface area (Å²) in [6.45, 7) is -0.978. The minimum Gasteiger partial charge on any atom is -0.811 e. The van der Waals surface area contributed by atoms with Gasteiger partial charge in [-0.2, -0.15) is 4.98 Å². The van der Waals surface area contributed by atoms with Gasteiger partial charge in [0.05, 0.1) is 37.9 Å². The molecular weight excluding hydrogens is 510 g/mol. The number of nitrogens with two attached hydrogens (primary N) is 1. The zero-order valence-corrected chi connectivity index (χ0v) is 28.3. The van der Waals surface area contributed by atoms with Gasteiger partial charge in [-0.3, -0.25) is 9.78 Å². The second kappa shape index (κ2) is 17.8. The average molecular weight is 528 g/mol. The Morgan fingerprint density at radius 1 is 1.00 bits per heavy atom. The molecule has 0 aliphatic rings. The van der Waals surface area contributed by atoms with Crippen molar-refractivity contribution in [2.45, 2.75) is 6.04 Å². The van der Waals surface area contributed by atoms with Gasteiger partial charge in [0.15, 0.2) is 0 Å². The molecular formula is C13H18N4Na4O9P2. The number of nitrogen functional groups attached to an aromatic ring is 1. The van der Waals surface area contributed by atoms with Crippen LogP contribution in [0.3, 0.4) is 0 Å². The van der Waals surface area contributed by atoms with Crippen LogP contribution in [0.2, 0.25) is 0 Å². The first-order chi connectivity index (χ1) is 13.0. The molecule has 0 aliphatic carbocycles. The van der Waals surface area contributed by atoms with Crippen LogP contribution in [0.25, 0.3) is 11.0 Å². The van der Waals surface area contributed by atoms with E-state index in [0.717, 1.165) is 0 Å². The number of nitrogens with one attached hydrogen (secondary N) is 1. The van der Waals surface area contributed by atoms with Crippen LogP contribution in [0.4, 0.5) is 5.95 Å². The Morgan fingerprint density at radius 3 is 1.91 bits per heavy atom. The van der Waals surface area contributed by atoms with E-state index >= 15 is 0 Å². The summed E-state index contributed by atoms with van der Waals surface area (Å²) in [6.07, 6.45) is 0.0999. The summed E-state index contributed by atoms with van der Waals surface area (Å²) in [5, 5.41) is 0.228. The number of H-pyrrole nitrogens is 1. The molecule has 2 aromatic heterocycles. The number of aromatic amines is 1. The smallest absolute Gasteiger partial charge is 0.811 e. The Bertz CT molecular complexity index is 935. The number of hydrogen-bond donors (Lipinski definition) is 2. The van der Waals surface area contributed by atoms with Gasteiger partial charge in [0, 0.05) is 6.20 Å². The zero-order chi connectivity index (χ0) is 20.9. The van der Waals surface area contributed by atoms with Crippen LogP contribution < -0.4 is 149 Å². The Hall–Kier alpha value is 2.44. The van der Waals surface area contributed by atoms with E-state index in [1.807, 2.05) is 0 Å². The van der Waals surface area contributed by atoms with Crippen LogP contribution in [0.1, 0.15) is 6.04 Å². The molecule has 0 unspecified atom stereocenters. The van der Waals surface area contributed by atoms with E-state index in [4.69, 9.17) is 15.2 Å². The fourth-order valence-corrected chi connectivity index (χ4v) is 3.06. The molecule has 0 aliphatic heterocycles. The van der Waals surface area contributed by atoms with Crippen LogP contribution in [-0.4, -0.2) is 53.3 Å². The normalized spacial score (nSPS) is 11.3.